The Morgan fingerprint density at radius 3 is 2.56 bits per heavy atom. The molecule has 2 aliphatic rings. The summed E-state index contributed by atoms with van der Waals surface area (Å²) in [5.41, 5.74) is 7.59. The number of nitriles is 1. The minimum atomic E-state index is -0.289. The van der Waals surface area contributed by atoms with Gasteiger partial charge in [-0.05, 0) is 37.8 Å². The molecule has 130 valence electrons. The lowest BCUT2D eigenvalue weighted by atomic mass is 9.72. The van der Waals surface area contributed by atoms with Crippen LogP contribution in [0.2, 0.25) is 0 Å². The molecule has 0 saturated heterocycles. The average molecular weight is 337 g/mol. The SMILES string of the molecule is CC1=C(C(=O)Nc2ccccc2)[C@H](C2CCCCC2)C(C#N)=C(N)O1. The third-order valence-electron chi connectivity index (χ3n) is 5.05. The van der Waals surface area contributed by atoms with Gasteiger partial charge in [-0.25, -0.2) is 0 Å². The molecule has 0 spiro atoms. The summed E-state index contributed by atoms with van der Waals surface area (Å²) >= 11 is 0. The summed E-state index contributed by atoms with van der Waals surface area (Å²) in [5.74, 6) is 0.354. The third kappa shape index (κ3) is 3.53. The molecule has 3 rings (SSSR count). The fourth-order valence-corrected chi connectivity index (χ4v) is 3.88. The van der Waals surface area contributed by atoms with Crippen LogP contribution < -0.4 is 11.1 Å². The number of nitrogens with zero attached hydrogens (tertiary/aromatic N) is 1. The molecule has 5 nitrogen and oxygen atoms in total. The Bertz CT molecular complexity index is 753. The van der Waals surface area contributed by atoms with E-state index in [1.54, 1.807) is 6.92 Å². The van der Waals surface area contributed by atoms with E-state index in [-0.39, 0.29) is 23.6 Å². The van der Waals surface area contributed by atoms with Gasteiger partial charge in [0.15, 0.2) is 0 Å². The van der Waals surface area contributed by atoms with Crippen molar-refractivity contribution in [2.24, 2.45) is 17.6 Å². The molecule has 3 N–H and O–H groups in total. The van der Waals surface area contributed by atoms with Gasteiger partial charge in [0.1, 0.15) is 11.8 Å². The minimum absolute atomic E-state index is 0.131. The highest BCUT2D eigenvalue weighted by molar-refractivity contribution is 6.05. The summed E-state index contributed by atoms with van der Waals surface area (Å²) in [6.45, 7) is 1.75. The number of amides is 1. The van der Waals surface area contributed by atoms with Crippen LogP contribution in [0.1, 0.15) is 39.0 Å². The van der Waals surface area contributed by atoms with Crippen LogP contribution in [0.4, 0.5) is 5.69 Å². The maximum atomic E-state index is 13.0. The summed E-state index contributed by atoms with van der Waals surface area (Å²) in [5, 5.41) is 12.5. The number of benzene rings is 1. The molecule has 1 aliphatic carbocycles. The molecular weight excluding hydrogens is 314 g/mol. The van der Waals surface area contributed by atoms with Gasteiger partial charge in [-0.15, -0.1) is 0 Å². The molecule has 0 radical (unpaired) electrons. The highest BCUT2D eigenvalue weighted by atomic mass is 16.5. The molecule has 1 saturated carbocycles. The standard InChI is InChI=1S/C20H23N3O2/c1-13-17(20(24)23-15-10-6-3-7-11-15)18(14-8-4-2-5-9-14)16(12-21)19(22)25-13/h3,6-7,10-11,14,18H,2,4-5,8-9,22H2,1H3,(H,23,24)/t18-/m1/s1. The summed E-state index contributed by atoms with van der Waals surface area (Å²) in [7, 11) is 0. The quantitative estimate of drug-likeness (QED) is 0.877. The highest BCUT2D eigenvalue weighted by Crippen LogP contribution is 2.42. The van der Waals surface area contributed by atoms with Crippen molar-refractivity contribution in [2.45, 2.75) is 39.0 Å². The van der Waals surface area contributed by atoms with Gasteiger partial charge in [-0.3, -0.25) is 4.79 Å². The van der Waals surface area contributed by atoms with Crippen LogP contribution >= 0.6 is 0 Å². The fourth-order valence-electron chi connectivity index (χ4n) is 3.88. The Labute approximate surface area is 148 Å². The molecule has 1 heterocycles. The van der Waals surface area contributed by atoms with Crippen LogP contribution in [0.3, 0.4) is 0 Å². The van der Waals surface area contributed by atoms with Crippen LogP contribution in [0.15, 0.2) is 53.1 Å². The maximum Gasteiger partial charge on any atom is 0.255 e. The lowest BCUT2D eigenvalue weighted by molar-refractivity contribution is -0.113. The molecule has 0 bridgehead atoms. The van der Waals surface area contributed by atoms with Crippen molar-refractivity contribution in [3.8, 4) is 6.07 Å². The van der Waals surface area contributed by atoms with E-state index < -0.39 is 0 Å². The van der Waals surface area contributed by atoms with Gasteiger partial charge in [0.05, 0.1) is 11.1 Å². The molecule has 0 unspecified atom stereocenters. The summed E-state index contributed by atoms with van der Waals surface area (Å²) in [6.07, 6.45) is 5.44. The van der Waals surface area contributed by atoms with Crippen LogP contribution in [-0.2, 0) is 9.53 Å². The highest BCUT2D eigenvalue weighted by Gasteiger charge is 2.39. The molecule has 1 aromatic carbocycles. The third-order valence-corrected chi connectivity index (χ3v) is 5.05. The number of carbonyl (C=O) groups is 1. The summed E-state index contributed by atoms with van der Waals surface area (Å²) in [4.78, 5) is 13.0. The number of anilines is 1. The fraction of sp³-hybridized carbons (Fsp3) is 0.400. The second-order valence-corrected chi connectivity index (χ2v) is 6.66. The van der Waals surface area contributed by atoms with Crippen molar-refractivity contribution in [2.75, 3.05) is 5.32 Å². The van der Waals surface area contributed by atoms with Crippen LogP contribution in [0, 0.1) is 23.2 Å². The topological polar surface area (TPSA) is 88.1 Å². The van der Waals surface area contributed by atoms with E-state index in [0.717, 1.165) is 31.4 Å². The molecule has 1 aliphatic heterocycles. The van der Waals surface area contributed by atoms with E-state index in [0.29, 0.717) is 16.9 Å². The van der Waals surface area contributed by atoms with Crippen molar-refractivity contribution < 1.29 is 9.53 Å². The normalized spacial score (nSPS) is 21.5. The number of ether oxygens (including phenoxy) is 1. The van der Waals surface area contributed by atoms with E-state index in [2.05, 4.69) is 11.4 Å². The molecule has 5 heteroatoms. The Morgan fingerprint density at radius 2 is 1.92 bits per heavy atom. The van der Waals surface area contributed by atoms with Gasteiger partial charge in [-0.1, -0.05) is 37.5 Å². The lowest BCUT2D eigenvalue weighted by Gasteiger charge is -2.34. The summed E-state index contributed by atoms with van der Waals surface area (Å²) < 4.78 is 5.54. The smallest absolute Gasteiger partial charge is 0.255 e. The second-order valence-electron chi connectivity index (χ2n) is 6.66. The van der Waals surface area contributed by atoms with E-state index >= 15 is 0 Å². The Balaban J connectivity index is 1.94. The van der Waals surface area contributed by atoms with E-state index in [4.69, 9.17) is 10.5 Å². The van der Waals surface area contributed by atoms with Crippen molar-refractivity contribution in [1.29, 1.82) is 5.26 Å². The maximum absolute atomic E-state index is 13.0. The first-order valence-corrected chi connectivity index (χ1v) is 8.76. The van der Waals surface area contributed by atoms with E-state index in [1.807, 2.05) is 30.3 Å². The Hall–Kier alpha value is -2.74. The molecular formula is C20H23N3O2. The van der Waals surface area contributed by atoms with E-state index in [1.165, 1.54) is 6.42 Å². The average Bonchev–Trinajstić information content (AvgIpc) is 2.62. The zero-order valence-corrected chi connectivity index (χ0v) is 14.4. The van der Waals surface area contributed by atoms with E-state index in [9.17, 15) is 10.1 Å². The van der Waals surface area contributed by atoms with Crippen LogP contribution in [-0.4, -0.2) is 5.91 Å². The zero-order chi connectivity index (χ0) is 17.8. The first kappa shape index (κ1) is 17.1. The summed E-state index contributed by atoms with van der Waals surface area (Å²) in [6, 6.07) is 11.5. The van der Waals surface area contributed by atoms with Crippen molar-refractivity contribution in [1.82, 2.24) is 0 Å². The number of allylic oxidation sites excluding steroid dienone is 2. The van der Waals surface area contributed by atoms with Crippen molar-refractivity contribution in [3.63, 3.8) is 0 Å². The lowest BCUT2D eigenvalue weighted by Crippen LogP contribution is -2.33. The van der Waals surface area contributed by atoms with Crippen molar-refractivity contribution >= 4 is 11.6 Å². The first-order valence-electron chi connectivity index (χ1n) is 8.76. The van der Waals surface area contributed by atoms with Gasteiger partial charge < -0.3 is 15.8 Å². The number of carbonyl (C=O) groups excluding carboxylic acids is 1. The molecule has 0 aromatic heterocycles. The largest absolute Gasteiger partial charge is 0.445 e. The molecule has 1 atom stereocenters. The Kier molecular flexibility index (Phi) is 5.08. The predicted octanol–water partition coefficient (Wildman–Crippen LogP) is 3.82. The number of nitrogens with two attached hydrogens (primary N) is 1. The second kappa shape index (κ2) is 7.43. The molecule has 1 fully saturated rings. The minimum Gasteiger partial charge on any atom is -0.445 e. The van der Waals surface area contributed by atoms with Gasteiger partial charge >= 0.3 is 0 Å². The van der Waals surface area contributed by atoms with Gasteiger partial charge in [0.25, 0.3) is 5.91 Å². The molecule has 25 heavy (non-hydrogen) atoms. The van der Waals surface area contributed by atoms with Gasteiger partial charge in [-0.2, -0.15) is 5.26 Å². The monoisotopic (exact) mass is 337 g/mol. The number of hydrogen-bond acceptors (Lipinski definition) is 4. The van der Waals surface area contributed by atoms with Crippen molar-refractivity contribution in [3.05, 3.63) is 53.1 Å². The van der Waals surface area contributed by atoms with Crippen LogP contribution in [0.5, 0.6) is 0 Å². The van der Waals surface area contributed by atoms with Crippen LogP contribution in [0.25, 0.3) is 0 Å². The molecule has 1 amide bonds. The Morgan fingerprint density at radius 1 is 1.24 bits per heavy atom. The predicted molar refractivity (Wildman–Crippen MR) is 95.7 cm³/mol. The number of nitrogens with one attached hydrogen (secondary N) is 1. The molecule has 1 aromatic rings. The number of rotatable bonds is 3. The number of para-hydroxylation sites is 1. The zero-order valence-electron chi connectivity index (χ0n) is 14.4. The first-order chi connectivity index (χ1) is 12.1. The van der Waals surface area contributed by atoms with Gasteiger partial charge in [0.2, 0.25) is 5.88 Å². The number of hydrogen-bond donors (Lipinski definition) is 2. The van der Waals surface area contributed by atoms with Gasteiger partial charge in [0, 0.05) is 11.6 Å².